The molecule has 0 saturated heterocycles. The van der Waals surface area contributed by atoms with Crippen LogP contribution in [0.3, 0.4) is 0 Å². The van der Waals surface area contributed by atoms with Crippen LogP contribution in [0, 0.1) is 13.8 Å². The van der Waals surface area contributed by atoms with Gasteiger partial charge in [-0.3, -0.25) is 4.79 Å². The largest absolute Gasteiger partial charge is 0.482 e. The summed E-state index contributed by atoms with van der Waals surface area (Å²) >= 11 is 0. The van der Waals surface area contributed by atoms with Gasteiger partial charge in [-0.15, -0.1) is 0 Å². The van der Waals surface area contributed by atoms with Gasteiger partial charge in [0.05, 0.1) is 0 Å². The molecule has 2 aromatic rings. The molecule has 0 unspecified atom stereocenters. The van der Waals surface area contributed by atoms with Gasteiger partial charge < -0.3 is 14.8 Å². The van der Waals surface area contributed by atoms with E-state index in [4.69, 9.17) is 9.47 Å². The van der Waals surface area contributed by atoms with E-state index in [1.807, 2.05) is 56.3 Å². The van der Waals surface area contributed by atoms with Gasteiger partial charge in [-0.05, 0) is 68.1 Å². The number of rotatable bonds is 7. The molecule has 2 aromatic carbocycles. The summed E-state index contributed by atoms with van der Waals surface area (Å²) in [5.74, 6) is -0.366. The third-order valence-corrected chi connectivity index (χ3v) is 3.86. The summed E-state index contributed by atoms with van der Waals surface area (Å²) in [6, 6.07) is 13.3. The average Bonchev–Trinajstić information content (AvgIpc) is 2.59. The number of hydrogen-bond acceptors (Lipinski definition) is 4. The quantitative estimate of drug-likeness (QED) is 0.767. The molecule has 2 rings (SSSR count). The summed E-state index contributed by atoms with van der Waals surface area (Å²) in [7, 11) is 0. The lowest BCUT2D eigenvalue weighted by Gasteiger charge is -2.14. The van der Waals surface area contributed by atoms with Crippen LogP contribution in [0.5, 0.6) is 5.75 Å². The summed E-state index contributed by atoms with van der Waals surface area (Å²) in [5, 5.41) is 2.73. The van der Waals surface area contributed by atoms with Crippen LogP contribution in [-0.2, 0) is 20.7 Å². The first-order valence-corrected chi connectivity index (χ1v) is 8.67. The number of benzene rings is 2. The van der Waals surface area contributed by atoms with E-state index in [1.54, 1.807) is 0 Å². The van der Waals surface area contributed by atoms with Gasteiger partial charge in [-0.2, -0.15) is 0 Å². The van der Waals surface area contributed by atoms with Crippen molar-refractivity contribution in [2.24, 2.45) is 0 Å². The molecule has 0 radical (unpaired) electrons. The predicted molar refractivity (Wildman–Crippen MR) is 101 cm³/mol. The molecule has 0 heterocycles. The molecule has 138 valence electrons. The van der Waals surface area contributed by atoms with Crippen LogP contribution in [-0.4, -0.2) is 24.6 Å². The van der Waals surface area contributed by atoms with Crippen LogP contribution in [0.25, 0.3) is 0 Å². The van der Waals surface area contributed by atoms with Crippen molar-refractivity contribution < 1.29 is 19.1 Å². The molecule has 1 amide bonds. The number of aryl methyl sites for hydroxylation is 3. The Morgan fingerprint density at radius 1 is 1.04 bits per heavy atom. The van der Waals surface area contributed by atoms with Crippen LogP contribution in [0.1, 0.15) is 30.5 Å². The summed E-state index contributed by atoms with van der Waals surface area (Å²) in [4.78, 5) is 24.0. The molecule has 1 N–H and O–H groups in total. The first-order valence-electron chi connectivity index (χ1n) is 8.67. The topological polar surface area (TPSA) is 64.6 Å². The van der Waals surface area contributed by atoms with Gasteiger partial charge in [-0.25, -0.2) is 4.79 Å². The van der Waals surface area contributed by atoms with Crippen molar-refractivity contribution in [2.45, 2.75) is 40.2 Å². The van der Waals surface area contributed by atoms with Crippen LogP contribution < -0.4 is 10.1 Å². The van der Waals surface area contributed by atoms with E-state index in [9.17, 15) is 9.59 Å². The van der Waals surface area contributed by atoms with Gasteiger partial charge in [0.15, 0.2) is 12.7 Å². The Bertz CT molecular complexity index is 748. The second-order valence-corrected chi connectivity index (χ2v) is 6.28. The van der Waals surface area contributed by atoms with Crippen LogP contribution in [0.4, 0.5) is 5.69 Å². The van der Waals surface area contributed by atoms with E-state index in [2.05, 4.69) is 12.2 Å². The van der Waals surface area contributed by atoms with Gasteiger partial charge >= 0.3 is 5.97 Å². The van der Waals surface area contributed by atoms with E-state index >= 15 is 0 Å². The molecule has 26 heavy (non-hydrogen) atoms. The zero-order valence-corrected chi connectivity index (χ0v) is 15.7. The molecule has 0 aliphatic rings. The fourth-order valence-electron chi connectivity index (χ4n) is 2.51. The Balaban J connectivity index is 1.82. The van der Waals surface area contributed by atoms with Crippen molar-refractivity contribution in [2.75, 3.05) is 11.9 Å². The zero-order chi connectivity index (χ0) is 19.1. The average molecular weight is 355 g/mol. The monoisotopic (exact) mass is 355 g/mol. The van der Waals surface area contributed by atoms with Gasteiger partial charge in [0.1, 0.15) is 5.75 Å². The minimum atomic E-state index is -0.906. The minimum absolute atomic E-state index is 0.244. The molecule has 5 nitrogen and oxygen atoms in total. The summed E-state index contributed by atoms with van der Waals surface area (Å²) in [6.45, 7) is 7.26. The lowest BCUT2D eigenvalue weighted by atomic mass is 10.1. The van der Waals surface area contributed by atoms with Gasteiger partial charge in [0, 0.05) is 5.69 Å². The zero-order valence-electron chi connectivity index (χ0n) is 15.7. The minimum Gasteiger partial charge on any atom is -0.482 e. The number of carbonyl (C=O) groups excluding carboxylic acids is 2. The van der Waals surface area contributed by atoms with E-state index in [0.29, 0.717) is 11.4 Å². The Kier molecular flexibility index (Phi) is 6.78. The smallest absolute Gasteiger partial charge is 0.344 e. The molecule has 0 saturated carbocycles. The van der Waals surface area contributed by atoms with Gasteiger partial charge in [0.2, 0.25) is 0 Å². The highest BCUT2D eigenvalue weighted by atomic mass is 16.6. The summed E-state index contributed by atoms with van der Waals surface area (Å²) < 4.78 is 10.6. The molecular formula is C21H25NO4. The van der Waals surface area contributed by atoms with Crippen LogP contribution >= 0.6 is 0 Å². The van der Waals surface area contributed by atoms with Gasteiger partial charge in [-0.1, -0.05) is 25.1 Å². The number of hydrogen-bond donors (Lipinski definition) is 1. The first kappa shape index (κ1) is 19.5. The SMILES string of the molecule is CCc1ccc(NC(=O)[C@H](C)OC(=O)COc2cc(C)cc(C)c2)cc1. The standard InChI is InChI=1S/C21H25NO4/c1-5-17-6-8-18(9-7-17)22-21(24)16(4)26-20(23)13-25-19-11-14(2)10-15(3)12-19/h6-12,16H,5,13H2,1-4H3,(H,22,24)/t16-/m0/s1. The third kappa shape index (κ3) is 5.92. The molecule has 0 aromatic heterocycles. The summed E-state index contributed by atoms with van der Waals surface area (Å²) in [5.41, 5.74) is 3.96. The van der Waals surface area contributed by atoms with Crippen molar-refractivity contribution in [3.8, 4) is 5.75 Å². The molecule has 0 fully saturated rings. The van der Waals surface area contributed by atoms with Crippen molar-refractivity contribution in [3.63, 3.8) is 0 Å². The second kappa shape index (κ2) is 9.04. The number of nitrogens with one attached hydrogen (secondary N) is 1. The number of anilines is 1. The summed E-state index contributed by atoms with van der Waals surface area (Å²) in [6.07, 6.45) is 0.0269. The number of amides is 1. The fourth-order valence-corrected chi connectivity index (χ4v) is 2.51. The molecule has 0 bridgehead atoms. The Morgan fingerprint density at radius 2 is 1.65 bits per heavy atom. The molecular weight excluding hydrogens is 330 g/mol. The lowest BCUT2D eigenvalue weighted by molar-refractivity contribution is -0.155. The van der Waals surface area contributed by atoms with E-state index in [1.165, 1.54) is 12.5 Å². The van der Waals surface area contributed by atoms with E-state index in [0.717, 1.165) is 17.5 Å². The Labute approximate surface area is 154 Å². The van der Waals surface area contributed by atoms with Crippen LogP contribution in [0.15, 0.2) is 42.5 Å². The van der Waals surface area contributed by atoms with Gasteiger partial charge in [0.25, 0.3) is 5.91 Å². The Hall–Kier alpha value is -2.82. The maximum atomic E-state index is 12.1. The maximum absolute atomic E-state index is 12.1. The number of esters is 1. The second-order valence-electron chi connectivity index (χ2n) is 6.28. The molecule has 0 spiro atoms. The highest BCUT2D eigenvalue weighted by Crippen LogP contribution is 2.16. The van der Waals surface area contributed by atoms with Crippen molar-refractivity contribution >= 4 is 17.6 Å². The van der Waals surface area contributed by atoms with Crippen molar-refractivity contribution in [1.82, 2.24) is 0 Å². The van der Waals surface area contributed by atoms with E-state index < -0.39 is 12.1 Å². The van der Waals surface area contributed by atoms with Crippen molar-refractivity contribution in [1.29, 1.82) is 0 Å². The lowest BCUT2D eigenvalue weighted by Crippen LogP contribution is -2.31. The predicted octanol–water partition coefficient (Wildman–Crippen LogP) is 3.82. The molecule has 0 aliphatic carbocycles. The number of carbonyl (C=O) groups is 2. The highest BCUT2D eigenvalue weighted by Gasteiger charge is 2.18. The maximum Gasteiger partial charge on any atom is 0.344 e. The van der Waals surface area contributed by atoms with Crippen molar-refractivity contribution in [3.05, 3.63) is 59.2 Å². The molecule has 5 heteroatoms. The Morgan fingerprint density at radius 3 is 2.23 bits per heavy atom. The van der Waals surface area contributed by atoms with Crippen LogP contribution in [0.2, 0.25) is 0 Å². The highest BCUT2D eigenvalue weighted by molar-refractivity contribution is 5.95. The first-order chi connectivity index (χ1) is 12.4. The molecule has 1 atom stereocenters. The third-order valence-electron chi connectivity index (χ3n) is 3.86. The normalized spacial score (nSPS) is 11.5. The number of ether oxygens (including phenoxy) is 2. The fraction of sp³-hybridized carbons (Fsp3) is 0.333. The van der Waals surface area contributed by atoms with E-state index in [-0.39, 0.29) is 12.5 Å². The molecule has 0 aliphatic heterocycles.